The highest BCUT2D eigenvalue weighted by Crippen LogP contribution is 2.15. The molecule has 0 aromatic heterocycles. The van der Waals surface area contributed by atoms with Gasteiger partial charge < -0.3 is 10.1 Å². The molecular weight excluding hydrogens is 314 g/mol. The molecule has 0 saturated heterocycles. The van der Waals surface area contributed by atoms with Crippen molar-refractivity contribution >= 4 is 23.6 Å². The summed E-state index contributed by atoms with van der Waals surface area (Å²) in [5.74, 6) is -0.444. The first-order chi connectivity index (χ1) is 12.0. The van der Waals surface area contributed by atoms with Crippen molar-refractivity contribution in [1.82, 2.24) is 0 Å². The quantitative estimate of drug-likeness (QED) is 0.631. The molecule has 0 bridgehead atoms. The van der Waals surface area contributed by atoms with Crippen molar-refractivity contribution in [3.63, 3.8) is 0 Å². The van der Waals surface area contributed by atoms with E-state index < -0.39 is 5.97 Å². The Kier molecular flexibility index (Phi) is 6.52. The summed E-state index contributed by atoms with van der Waals surface area (Å²) in [4.78, 5) is 23.6. The van der Waals surface area contributed by atoms with Crippen LogP contribution in [0.2, 0.25) is 0 Å². The molecule has 130 valence electrons. The maximum absolute atomic E-state index is 11.8. The smallest absolute Gasteiger partial charge is 0.331 e. The van der Waals surface area contributed by atoms with Crippen LogP contribution in [0.4, 0.5) is 5.69 Å². The van der Waals surface area contributed by atoms with Gasteiger partial charge in [0.05, 0.1) is 0 Å². The maximum atomic E-state index is 11.8. The van der Waals surface area contributed by atoms with Gasteiger partial charge in [0.25, 0.3) is 5.91 Å². The molecular formula is C21H23NO3. The van der Waals surface area contributed by atoms with Crippen molar-refractivity contribution in [1.29, 1.82) is 0 Å². The number of hydrogen-bond donors (Lipinski definition) is 1. The van der Waals surface area contributed by atoms with Crippen molar-refractivity contribution in [2.75, 3.05) is 11.9 Å². The molecule has 0 radical (unpaired) electrons. The van der Waals surface area contributed by atoms with Gasteiger partial charge >= 0.3 is 5.97 Å². The number of esters is 1. The summed E-state index contributed by atoms with van der Waals surface area (Å²) in [6.45, 7) is 5.84. The predicted octanol–water partition coefficient (Wildman–Crippen LogP) is 4.31. The van der Waals surface area contributed by atoms with E-state index in [9.17, 15) is 9.59 Å². The van der Waals surface area contributed by atoms with E-state index in [4.69, 9.17) is 4.74 Å². The Morgan fingerprint density at radius 3 is 2.40 bits per heavy atom. The van der Waals surface area contributed by atoms with Gasteiger partial charge in [0.2, 0.25) is 0 Å². The molecule has 0 aliphatic heterocycles. The van der Waals surface area contributed by atoms with Gasteiger partial charge in [-0.15, -0.1) is 0 Å². The first kappa shape index (κ1) is 18.5. The third-order valence-corrected chi connectivity index (χ3v) is 3.78. The van der Waals surface area contributed by atoms with E-state index in [1.165, 1.54) is 11.6 Å². The maximum Gasteiger partial charge on any atom is 0.331 e. The molecule has 0 fully saturated rings. The number of carbonyl (C=O) groups excluding carboxylic acids is 2. The van der Waals surface area contributed by atoms with E-state index in [1.807, 2.05) is 49.4 Å². The first-order valence-electron chi connectivity index (χ1n) is 8.26. The van der Waals surface area contributed by atoms with Gasteiger partial charge in [-0.3, -0.25) is 4.79 Å². The summed E-state index contributed by atoms with van der Waals surface area (Å²) in [7, 11) is 0. The molecule has 0 aliphatic carbocycles. The fraction of sp³-hybridized carbons (Fsp3) is 0.238. The summed E-state index contributed by atoms with van der Waals surface area (Å²) in [6.07, 6.45) is 3.00. The predicted molar refractivity (Wildman–Crippen MR) is 100 cm³/mol. The number of para-hydroxylation sites is 1. The normalized spacial score (nSPS) is 10.9. The highest BCUT2D eigenvalue weighted by atomic mass is 16.5. The molecule has 2 aromatic carbocycles. The number of amides is 1. The zero-order chi connectivity index (χ0) is 18.2. The Balaban J connectivity index is 1.81. The second-order valence-electron chi connectivity index (χ2n) is 6.13. The molecule has 2 aromatic rings. The van der Waals surface area contributed by atoms with Gasteiger partial charge in [-0.05, 0) is 41.7 Å². The van der Waals surface area contributed by atoms with Gasteiger partial charge in [-0.1, -0.05) is 56.3 Å². The zero-order valence-electron chi connectivity index (χ0n) is 14.8. The third-order valence-electron chi connectivity index (χ3n) is 3.78. The minimum Gasteiger partial charge on any atom is -0.452 e. The number of hydrogen-bond acceptors (Lipinski definition) is 3. The highest BCUT2D eigenvalue weighted by molar-refractivity contribution is 5.95. The molecule has 0 unspecified atom stereocenters. The third kappa shape index (κ3) is 5.92. The number of carbonyl (C=O) groups is 2. The largest absolute Gasteiger partial charge is 0.452 e. The lowest BCUT2D eigenvalue weighted by molar-refractivity contribution is -0.142. The van der Waals surface area contributed by atoms with Gasteiger partial charge in [0, 0.05) is 11.8 Å². The van der Waals surface area contributed by atoms with Crippen LogP contribution in [0.3, 0.4) is 0 Å². The summed E-state index contributed by atoms with van der Waals surface area (Å²) >= 11 is 0. The molecule has 0 heterocycles. The molecule has 1 N–H and O–H groups in total. The van der Waals surface area contributed by atoms with Crippen LogP contribution in [-0.4, -0.2) is 18.5 Å². The minimum atomic E-state index is -0.548. The summed E-state index contributed by atoms with van der Waals surface area (Å²) in [6, 6.07) is 15.4. The Hall–Kier alpha value is -2.88. The SMILES string of the molecule is Cc1ccccc1NC(=O)COC(=O)/C=C\c1ccc(C(C)C)cc1. The van der Waals surface area contributed by atoms with Crippen LogP contribution in [0.5, 0.6) is 0 Å². The average Bonchev–Trinajstić information content (AvgIpc) is 2.60. The van der Waals surface area contributed by atoms with Crippen molar-refractivity contribution in [3.05, 3.63) is 71.3 Å². The second kappa shape index (κ2) is 8.83. The summed E-state index contributed by atoms with van der Waals surface area (Å²) in [5.41, 5.74) is 3.81. The molecule has 0 spiro atoms. The minimum absolute atomic E-state index is 0.316. The van der Waals surface area contributed by atoms with E-state index in [0.29, 0.717) is 11.6 Å². The average molecular weight is 337 g/mol. The second-order valence-corrected chi connectivity index (χ2v) is 6.13. The molecule has 4 heteroatoms. The van der Waals surface area contributed by atoms with Gasteiger partial charge in [0.15, 0.2) is 6.61 Å². The lowest BCUT2D eigenvalue weighted by Crippen LogP contribution is -2.20. The van der Waals surface area contributed by atoms with E-state index in [2.05, 4.69) is 19.2 Å². The molecule has 25 heavy (non-hydrogen) atoms. The van der Waals surface area contributed by atoms with Crippen LogP contribution in [0.25, 0.3) is 6.08 Å². The van der Waals surface area contributed by atoms with E-state index in [1.54, 1.807) is 12.1 Å². The number of benzene rings is 2. The summed E-state index contributed by atoms with van der Waals surface area (Å²) in [5, 5.41) is 2.72. The molecule has 0 atom stereocenters. The van der Waals surface area contributed by atoms with Crippen molar-refractivity contribution in [2.45, 2.75) is 26.7 Å². The standard InChI is InChI=1S/C21H23NO3/c1-15(2)18-11-8-17(9-12-18)10-13-21(24)25-14-20(23)22-19-7-5-4-6-16(19)3/h4-13,15H,14H2,1-3H3,(H,22,23)/b13-10-. The highest BCUT2D eigenvalue weighted by Gasteiger charge is 2.07. The zero-order valence-corrected chi connectivity index (χ0v) is 14.8. The number of nitrogens with one attached hydrogen (secondary N) is 1. The Morgan fingerprint density at radius 1 is 1.08 bits per heavy atom. The Labute approximate surface area is 148 Å². The van der Waals surface area contributed by atoms with E-state index >= 15 is 0 Å². The van der Waals surface area contributed by atoms with E-state index in [-0.39, 0.29) is 12.5 Å². The van der Waals surface area contributed by atoms with Crippen LogP contribution in [0.15, 0.2) is 54.6 Å². The Morgan fingerprint density at radius 2 is 1.76 bits per heavy atom. The molecule has 2 rings (SSSR count). The van der Waals surface area contributed by atoms with Crippen molar-refractivity contribution in [3.8, 4) is 0 Å². The van der Waals surface area contributed by atoms with Gasteiger partial charge in [-0.2, -0.15) is 0 Å². The lowest BCUT2D eigenvalue weighted by Gasteiger charge is -2.07. The molecule has 0 aliphatic rings. The summed E-state index contributed by atoms with van der Waals surface area (Å²) < 4.78 is 4.96. The fourth-order valence-electron chi connectivity index (χ4n) is 2.24. The van der Waals surface area contributed by atoms with Crippen LogP contribution in [0, 0.1) is 6.92 Å². The van der Waals surface area contributed by atoms with Crippen molar-refractivity contribution in [2.24, 2.45) is 0 Å². The van der Waals surface area contributed by atoms with Crippen molar-refractivity contribution < 1.29 is 14.3 Å². The molecule has 0 saturated carbocycles. The topological polar surface area (TPSA) is 55.4 Å². The molecule has 1 amide bonds. The fourth-order valence-corrected chi connectivity index (χ4v) is 2.24. The first-order valence-corrected chi connectivity index (χ1v) is 8.26. The van der Waals surface area contributed by atoms with Gasteiger partial charge in [-0.25, -0.2) is 4.79 Å². The lowest BCUT2D eigenvalue weighted by atomic mass is 10.0. The number of anilines is 1. The van der Waals surface area contributed by atoms with Crippen LogP contribution in [-0.2, 0) is 14.3 Å². The Bertz CT molecular complexity index is 761. The monoisotopic (exact) mass is 337 g/mol. The van der Waals surface area contributed by atoms with Crippen LogP contribution in [0.1, 0.15) is 36.5 Å². The number of aryl methyl sites for hydroxylation is 1. The van der Waals surface area contributed by atoms with Crippen LogP contribution >= 0.6 is 0 Å². The number of ether oxygens (including phenoxy) is 1. The molecule has 4 nitrogen and oxygen atoms in total. The van der Waals surface area contributed by atoms with Crippen LogP contribution < -0.4 is 5.32 Å². The van der Waals surface area contributed by atoms with E-state index in [0.717, 1.165) is 11.1 Å². The van der Waals surface area contributed by atoms with Gasteiger partial charge in [0.1, 0.15) is 0 Å². The number of rotatable bonds is 6.